The van der Waals surface area contributed by atoms with E-state index in [0.29, 0.717) is 22.3 Å². The van der Waals surface area contributed by atoms with Gasteiger partial charge in [-0.05, 0) is 43.5 Å². The third-order valence-corrected chi connectivity index (χ3v) is 6.09. The standard InChI is InChI=1S/C24H28Cl2N2O3/c1-17(24(30)27-20-10-6-3-7-11-20)28(15-18-8-4-2-5-9-18)23(29)16-31-22-13-12-19(25)14-21(22)26/h2,4-5,8-9,12-14,17,20H,3,6-7,10-11,15-16H2,1H3,(H,27,30). The molecule has 2 aromatic rings. The van der Waals surface area contributed by atoms with Gasteiger partial charge in [0.05, 0.1) is 5.02 Å². The number of nitrogens with one attached hydrogen (secondary N) is 1. The summed E-state index contributed by atoms with van der Waals surface area (Å²) in [7, 11) is 0. The molecule has 0 saturated heterocycles. The van der Waals surface area contributed by atoms with E-state index >= 15 is 0 Å². The molecule has 166 valence electrons. The first-order valence-electron chi connectivity index (χ1n) is 10.7. The molecule has 5 nitrogen and oxygen atoms in total. The number of hydrogen-bond donors (Lipinski definition) is 1. The maximum atomic E-state index is 13.1. The Morgan fingerprint density at radius 2 is 1.81 bits per heavy atom. The smallest absolute Gasteiger partial charge is 0.261 e. The van der Waals surface area contributed by atoms with E-state index in [-0.39, 0.29) is 24.5 Å². The lowest BCUT2D eigenvalue weighted by Gasteiger charge is -2.31. The highest BCUT2D eigenvalue weighted by atomic mass is 35.5. The first-order valence-corrected chi connectivity index (χ1v) is 11.4. The number of rotatable bonds is 8. The molecule has 1 N–H and O–H groups in total. The summed E-state index contributed by atoms with van der Waals surface area (Å²) in [4.78, 5) is 27.6. The van der Waals surface area contributed by atoms with Crippen LogP contribution in [0, 0.1) is 0 Å². The topological polar surface area (TPSA) is 58.6 Å². The summed E-state index contributed by atoms with van der Waals surface area (Å²) in [5.41, 5.74) is 0.942. The van der Waals surface area contributed by atoms with Gasteiger partial charge in [-0.1, -0.05) is 72.8 Å². The average Bonchev–Trinajstić information content (AvgIpc) is 2.77. The molecule has 0 radical (unpaired) electrons. The Morgan fingerprint density at radius 3 is 2.48 bits per heavy atom. The number of halogens is 2. The summed E-state index contributed by atoms with van der Waals surface area (Å²) in [5, 5.41) is 3.94. The first-order chi connectivity index (χ1) is 14.9. The fraction of sp³-hybridized carbons (Fsp3) is 0.417. The number of ether oxygens (including phenoxy) is 1. The van der Waals surface area contributed by atoms with E-state index in [1.54, 1.807) is 30.0 Å². The maximum Gasteiger partial charge on any atom is 0.261 e. The Labute approximate surface area is 193 Å². The van der Waals surface area contributed by atoms with E-state index in [1.165, 1.54) is 6.42 Å². The lowest BCUT2D eigenvalue weighted by Crippen LogP contribution is -2.51. The monoisotopic (exact) mass is 462 g/mol. The number of amides is 2. The zero-order valence-electron chi connectivity index (χ0n) is 17.7. The molecule has 0 bridgehead atoms. The van der Waals surface area contributed by atoms with Crippen molar-refractivity contribution in [1.29, 1.82) is 0 Å². The molecule has 3 rings (SSSR count). The Morgan fingerprint density at radius 1 is 1.10 bits per heavy atom. The predicted molar refractivity (Wildman–Crippen MR) is 123 cm³/mol. The van der Waals surface area contributed by atoms with Crippen molar-refractivity contribution in [3.05, 3.63) is 64.1 Å². The molecule has 1 fully saturated rings. The number of benzene rings is 2. The minimum Gasteiger partial charge on any atom is -0.482 e. The highest BCUT2D eigenvalue weighted by Crippen LogP contribution is 2.27. The zero-order valence-corrected chi connectivity index (χ0v) is 19.2. The summed E-state index contributed by atoms with van der Waals surface area (Å²) in [6.07, 6.45) is 5.45. The van der Waals surface area contributed by atoms with Gasteiger partial charge in [-0.25, -0.2) is 0 Å². The van der Waals surface area contributed by atoms with Gasteiger partial charge in [0.15, 0.2) is 6.61 Å². The van der Waals surface area contributed by atoms with Crippen LogP contribution in [0.25, 0.3) is 0 Å². The molecular formula is C24H28Cl2N2O3. The van der Waals surface area contributed by atoms with Crippen molar-refractivity contribution in [1.82, 2.24) is 10.2 Å². The highest BCUT2D eigenvalue weighted by molar-refractivity contribution is 6.35. The van der Waals surface area contributed by atoms with Crippen LogP contribution in [-0.4, -0.2) is 35.4 Å². The summed E-state index contributed by atoms with van der Waals surface area (Å²) >= 11 is 12.1. The number of carbonyl (C=O) groups is 2. The molecule has 1 atom stereocenters. The van der Waals surface area contributed by atoms with Gasteiger partial charge in [0.25, 0.3) is 5.91 Å². The van der Waals surface area contributed by atoms with Crippen molar-refractivity contribution < 1.29 is 14.3 Å². The molecule has 31 heavy (non-hydrogen) atoms. The first kappa shape index (κ1) is 23.4. The second kappa shape index (κ2) is 11.4. The Kier molecular flexibility index (Phi) is 8.61. The average molecular weight is 463 g/mol. The third kappa shape index (κ3) is 6.88. The van der Waals surface area contributed by atoms with Crippen LogP contribution in [-0.2, 0) is 16.1 Å². The molecule has 1 saturated carbocycles. The molecular weight excluding hydrogens is 435 g/mol. The van der Waals surface area contributed by atoms with Crippen LogP contribution in [0.3, 0.4) is 0 Å². The van der Waals surface area contributed by atoms with Crippen LogP contribution in [0.2, 0.25) is 10.0 Å². The van der Waals surface area contributed by atoms with Gasteiger partial charge < -0.3 is 15.0 Å². The van der Waals surface area contributed by atoms with Gasteiger partial charge in [0.1, 0.15) is 11.8 Å². The molecule has 1 unspecified atom stereocenters. The van der Waals surface area contributed by atoms with E-state index in [1.807, 2.05) is 30.3 Å². The molecule has 2 aromatic carbocycles. The summed E-state index contributed by atoms with van der Waals surface area (Å²) in [6.45, 7) is 1.85. The van der Waals surface area contributed by atoms with Crippen molar-refractivity contribution >= 4 is 35.0 Å². The number of nitrogens with zero attached hydrogens (tertiary/aromatic N) is 1. The summed E-state index contributed by atoms with van der Waals surface area (Å²) in [5.74, 6) is -0.0553. The van der Waals surface area contributed by atoms with Crippen LogP contribution in [0.5, 0.6) is 5.75 Å². The van der Waals surface area contributed by atoms with E-state index in [2.05, 4.69) is 5.32 Å². The van der Waals surface area contributed by atoms with E-state index in [4.69, 9.17) is 27.9 Å². The molecule has 0 aromatic heterocycles. The minimum absolute atomic E-state index is 0.138. The Balaban J connectivity index is 1.69. The second-order valence-electron chi connectivity index (χ2n) is 7.89. The van der Waals surface area contributed by atoms with Crippen LogP contribution >= 0.6 is 23.2 Å². The van der Waals surface area contributed by atoms with Crippen molar-refractivity contribution in [3.8, 4) is 5.75 Å². The molecule has 0 aliphatic heterocycles. The minimum atomic E-state index is -0.626. The fourth-order valence-electron chi connectivity index (χ4n) is 3.75. The SMILES string of the molecule is CC(C(=O)NC1CCCCC1)N(Cc1ccccc1)C(=O)COc1ccc(Cl)cc1Cl. The van der Waals surface area contributed by atoms with Crippen molar-refractivity contribution in [2.24, 2.45) is 0 Å². The number of carbonyl (C=O) groups excluding carboxylic acids is 2. The Hall–Kier alpha value is -2.24. The van der Waals surface area contributed by atoms with E-state index in [0.717, 1.165) is 31.2 Å². The fourth-order valence-corrected chi connectivity index (χ4v) is 4.21. The van der Waals surface area contributed by atoms with Gasteiger partial charge in [-0.15, -0.1) is 0 Å². The molecule has 1 aliphatic carbocycles. The van der Waals surface area contributed by atoms with Gasteiger partial charge in [0.2, 0.25) is 5.91 Å². The molecule has 2 amide bonds. The van der Waals surface area contributed by atoms with Gasteiger partial charge in [0, 0.05) is 17.6 Å². The van der Waals surface area contributed by atoms with Gasteiger partial charge in [-0.2, -0.15) is 0 Å². The van der Waals surface area contributed by atoms with Crippen LogP contribution in [0.15, 0.2) is 48.5 Å². The highest BCUT2D eigenvalue weighted by Gasteiger charge is 2.28. The lowest BCUT2D eigenvalue weighted by atomic mass is 9.95. The van der Waals surface area contributed by atoms with Gasteiger partial charge >= 0.3 is 0 Å². The van der Waals surface area contributed by atoms with Crippen molar-refractivity contribution in [2.45, 2.75) is 57.7 Å². The van der Waals surface area contributed by atoms with E-state index in [9.17, 15) is 9.59 Å². The number of hydrogen-bond acceptors (Lipinski definition) is 3. The zero-order chi connectivity index (χ0) is 22.2. The van der Waals surface area contributed by atoms with Crippen LogP contribution in [0.1, 0.15) is 44.6 Å². The molecule has 1 aliphatic rings. The Bertz CT molecular complexity index is 886. The van der Waals surface area contributed by atoms with Crippen molar-refractivity contribution in [3.63, 3.8) is 0 Å². The second-order valence-corrected chi connectivity index (χ2v) is 8.73. The molecule has 0 spiro atoms. The van der Waals surface area contributed by atoms with Crippen LogP contribution in [0.4, 0.5) is 0 Å². The third-order valence-electron chi connectivity index (χ3n) is 5.56. The lowest BCUT2D eigenvalue weighted by molar-refractivity contribution is -0.142. The molecule has 7 heteroatoms. The molecule has 0 heterocycles. The summed E-state index contributed by atoms with van der Waals surface area (Å²) in [6, 6.07) is 14.0. The van der Waals surface area contributed by atoms with Crippen LogP contribution < -0.4 is 10.1 Å². The van der Waals surface area contributed by atoms with Crippen molar-refractivity contribution in [2.75, 3.05) is 6.61 Å². The largest absolute Gasteiger partial charge is 0.482 e. The maximum absolute atomic E-state index is 13.1. The van der Waals surface area contributed by atoms with Gasteiger partial charge in [-0.3, -0.25) is 9.59 Å². The predicted octanol–water partition coefficient (Wildman–Crippen LogP) is 5.24. The quantitative estimate of drug-likeness (QED) is 0.583. The normalized spacial score (nSPS) is 15.2. The summed E-state index contributed by atoms with van der Waals surface area (Å²) < 4.78 is 5.64. The van der Waals surface area contributed by atoms with E-state index < -0.39 is 6.04 Å².